The average molecular weight is 654 g/mol. The number of sulfone groups is 1. The van der Waals surface area contributed by atoms with E-state index in [4.69, 9.17) is 18.9 Å². The zero-order valence-electron chi connectivity index (χ0n) is 26.8. The van der Waals surface area contributed by atoms with Gasteiger partial charge >= 0.3 is 0 Å². The normalized spacial score (nSPS) is 20.3. The molecule has 1 atom stereocenters. The summed E-state index contributed by atoms with van der Waals surface area (Å²) in [6.07, 6.45) is 6.91. The molecule has 0 radical (unpaired) electrons. The maximum Gasteiger partial charge on any atom is 0.231 e. The van der Waals surface area contributed by atoms with Crippen molar-refractivity contribution in [1.29, 1.82) is 0 Å². The van der Waals surface area contributed by atoms with E-state index >= 15 is 0 Å². The van der Waals surface area contributed by atoms with Crippen LogP contribution in [0.25, 0.3) is 10.9 Å². The molecule has 0 amide bonds. The van der Waals surface area contributed by atoms with Crippen LogP contribution in [0, 0.1) is 0 Å². The van der Waals surface area contributed by atoms with Crippen molar-refractivity contribution in [2.45, 2.75) is 63.3 Å². The molecular formula is C33H43N5O7S. The van der Waals surface area contributed by atoms with Gasteiger partial charge in [0.05, 0.1) is 35.7 Å². The smallest absolute Gasteiger partial charge is 0.231 e. The van der Waals surface area contributed by atoms with E-state index in [0.717, 1.165) is 55.5 Å². The molecular weight excluding hydrogens is 610 g/mol. The average Bonchev–Trinajstić information content (AvgIpc) is 3.52. The Morgan fingerprint density at radius 1 is 1.07 bits per heavy atom. The third-order valence-electron chi connectivity index (χ3n) is 9.21. The first-order chi connectivity index (χ1) is 22.2. The van der Waals surface area contributed by atoms with Gasteiger partial charge in [0.1, 0.15) is 27.8 Å². The largest absolute Gasteiger partial charge is 0.490 e. The summed E-state index contributed by atoms with van der Waals surface area (Å²) in [5, 5.41) is 4.03. The van der Waals surface area contributed by atoms with Crippen LogP contribution < -0.4 is 24.3 Å². The van der Waals surface area contributed by atoms with Crippen molar-refractivity contribution in [3.05, 3.63) is 36.2 Å². The van der Waals surface area contributed by atoms with Crippen LogP contribution in [0.5, 0.6) is 23.0 Å². The molecule has 46 heavy (non-hydrogen) atoms. The molecule has 13 heteroatoms. The number of likely N-dealkylation sites (tertiary alicyclic amines) is 1. The predicted molar refractivity (Wildman–Crippen MR) is 175 cm³/mol. The number of benzene rings is 2. The summed E-state index contributed by atoms with van der Waals surface area (Å²) in [7, 11) is -1.03. The predicted octanol–water partition coefficient (Wildman–Crippen LogP) is 4.33. The first-order valence-corrected chi connectivity index (χ1v) is 18.0. The molecule has 12 nitrogen and oxygen atoms in total. The summed E-state index contributed by atoms with van der Waals surface area (Å²) in [4.78, 5) is 26.5. The first-order valence-electron chi connectivity index (χ1n) is 16.0. The van der Waals surface area contributed by atoms with Crippen molar-refractivity contribution in [1.82, 2.24) is 19.8 Å². The first kappa shape index (κ1) is 32.3. The van der Waals surface area contributed by atoms with Crippen LogP contribution >= 0.6 is 0 Å². The summed E-state index contributed by atoms with van der Waals surface area (Å²) < 4.78 is 47.9. The molecule has 2 bridgehead atoms. The molecule has 0 spiro atoms. The van der Waals surface area contributed by atoms with E-state index in [9.17, 15) is 13.2 Å². The maximum atomic E-state index is 13.1. The van der Waals surface area contributed by atoms with E-state index < -0.39 is 9.84 Å². The number of fused-ring (bicyclic) bond motifs is 4. The molecule has 1 saturated heterocycles. The summed E-state index contributed by atoms with van der Waals surface area (Å²) in [5.74, 6) is 3.21. The lowest BCUT2D eigenvalue weighted by Crippen LogP contribution is -2.39. The van der Waals surface area contributed by atoms with Crippen LogP contribution in [-0.4, -0.2) is 98.2 Å². The second-order valence-corrected chi connectivity index (χ2v) is 14.8. The lowest BCUT2D eigenvalue weighted by atomic mass is 10.0. The molecule has 3 aliphatic rings. The number of likely N-dealkylation sites (N-methyl/N-ethyl adjacent to an activating group) is 1. The quantitative estimate of drug-likeness (QED) is 0.380. The van der Waals surface area contributed by atoms with Gasteiger partial charge < -0.3 is 29.2 Å². The second kappa shape index (κ2) is 14.0. The fourth-order valence-corrected chi connectivity index (χ4v) is 7.33. The van der Waals surface area contributed by atoms with Gasteiger partial charge in [0, 0.05) is 37.2 Å². The molecule has 0 unspecified atom stereocenters. The van der Waals surface area contributed by atoms with E-state index in [2.05, 4.69) is 20.2 Å². The number of ketones is 1. The van der Waals surface area contributed by atoms with Crippen molar-refractivity contribution < 1.29 is 32.2 Å². The minimum atomic E-state index is -2.99. The van der Waals surface area contributed by atoms with Crippen LogP contribution in [0.15, 0.2) is 30.6 Å². The highest BCUT2D eigenvalue weighted by Crippen LogP contribution is 2.44. The highest BCUT2D eigenvalue weighted by atomic mass is 32.2. The zero-order valence-corrected chi connectivity index (χ0v) is 27.6. The van der Waals surface area contributed by atoms with Crippen molar-refractivity contribution >= 4 is 38.0 Å². The summed E-state index contributed by atoms with van der Waals surface area (Å²) in [5.41, 5.74) is 2.38. The van der Waals surface area contributed by atoms with Gasteiger partial charge in [0.25, 0.3) is 0 Å². The number of ether oxygens (including phenoxy) is 4. The van der Waals surface area contributed by atoms with Crippen molar-refractivity contribution in [2.24, 2.45) is 0 Å². The Balaban J connectivity index is 1.24. The van der Waals surface area contributed by atoms with Crippen molar-refractivity contribution in [3.8, 4) is 23.0 Å². The third kappa shape index (κ3) is 7.31. The molecule has 3 aliphatic heterocycles. The van der Waals surface area contributed by atoms with Crippen LogP contribution in [0.2, 0.25) is 0 Å². The number of nitrogens with one attached hydrogen (secondary N) is 1. The molecule has 248 valence electrons. The third-order valence-corrected chi connectivity index (χ3v) is 10.9. The van der Waals surface area contributed by atoms with Gasteiger partial charge in [0.2, 0.25) is 6.79 Å². The van der Waals surface area contributed by atoms with Gasteiger partial charge in [-0.05, 0) is 76.9 Å². The number of nitrogens with zero attached hydrogens (tertiary/aromatic N) is 4. The number of anilines is 2. The summed E-state index contributed by atoms with van der Waals surface area (Å²) in [6.45, 7) is 5.88. The number of hydrogen-bond acceptors (Lipinski definition) is 12. The number of piperidine rings is 1. The summed E-state index contributed by atoms with van der Waals surface area (Å²) >= 11 is 0. The molecule has 3 aromatic rings. The van der Waals surface area contributed by atoms with E-state index in [1.807, 2.05) is 43.1 Å². The molecule has 2 aromatic carbocycles. The van der Waals surface area contributed by atoms with Gasteiger partial charge in [-0.25, -0.2) is 18.4 Å². The molecule has 0 aliphatic carbocycles. The van der Waals surface area contributed by atoms with Gasteiger partial charge in [-0.2, -0.15) is 0 Å². The molecule has 0 saturated carbocycles. The lowest BCUT2D eigenvalue weighted by molar-refractivity contribution is -0.123. The monoisotopic (exact) mass is 653 g/mol. The zero-order chi connectivity index (χ0) is 32.3. The SMILES string of the molecule is C[C@H]1C(=O)CCCCOc2cc3c(ncnc3cc2OCCCN2CCC(S(C)(=O)=O)CC2)Nc2c(ccc3c2OCO3)CN1C. The van der Waals surface area contributed by atoms with Gasteiger partial charge in [-0.3, -0.25) is 9.69 Å². The molecule has 1 aromatic heterocycles. The number of Topliss-reactive ketones (excluding diaryl/α,β-unsaturated/α-hetero) is 1. The second-order valence-electron chi connectivity index (χ2n) is 12.4. The Hall–Kier alpha value is -3.68. The minimum absolute atomic E-state index is 0.125. The number of aromatic nitrogens is 2. The standard InChI is InChI=1S/C33H43N5O7S/c1-22-27(39)7-4-5-15-42-29-17-25-26(18-30(29)43-16-6-12-38-13-10-24(11-14-38)46(3,40)41)34-20-35-33(25)36-31-23(19-37(22)2)8-9-28-32(31)45-21-44-28/h8-9,17-18,20,22,24H,4-7,10-16,19,21H2,1-3H3,(H,34,35,36)/t22-/m0/s1. The number of rotatable bonds is 6. The van der Waals surface area contributed by atoms with Crippen LogP contribution in [0.3, 0.4) is 0 Å². The van der Waals surface area contributed by atoms with E-state index in [-0.39, 0.29) is 23.9 Å². The van der Waals surface area contributed by atoms with Crippen LogP contribution in [0.1, 0.15) is 51.0 Å². The van der Waals surface area contributed by atoms with E-state index in [1.165, 1.54) is 12.6 Å². The number of carbonyl (C=O) groups excluding carboxylic acids is 1. The summed E-state index contributed by atoms with van der Waals surface area (Å²) in [6, 6.07) is 7.43. The highest BCUT2D eigenvalue weighted by molar-refractivity contribution is 7.91. The van der Waals surface area contributed by atoms with Crippen molar-refractivity contribution in [2.75, 3.05) is 58.3 Å². The van der Waals surface area contributed by atoms with E-state index in [0.29, 0.717) is 73.4 Å². The molecule has 4 heterocycles. The highest BCUT2D eigenvalue weighted by Gasteiger charge is 2.27. The van der Waals surface area contributed by atoms with Crippen LogP contribution in [-0.2, 0) is 21.2 Å². The number of carbonyl (C=O) groups is 1. The van der Waals surface area contributed by atoms with Gasteiger partial charge in [-0.15, -0.1) is 0 Å². The Morgan fingerprint density at radius 2 is 1.89 bits per heavy atom. The van der Waals surface area contributed by atoms with Crippen molar-refractivity contribution in [3.63, 3.8) is 0 Å². The lowest BCUT2D eigenvalue weighted by Gasteiger charge is -2.30. The molecule has 1 N–H and O–H groups in total. The Bertz CT molecular complexity index is 1680. The minimum Gasteiger partial charge on any atom is -0.490 e. The molecule has 1 fully saturated rings. The fourth-order valence-electron chi connectivity index (χ4n) is 6.26. The molecule has 6 rings (SSSR count). The Labute approximate surface area is 270 Å². The maximum absolute atomic E-state index is 13.1. The Kier molecular flexibility index (Phi) is 9.81. The fraction of sp³-hybridized carbons (Fsp3) is 0.545. The van der Waals surface area contributed by atoms with E-state index in [1.54, 1.807) is 0 Å². The van der Waals surface area contributed by atoms with Gasteiger partial charge in [0.15, 0.2) is 23.0 Å². The Morgan fingerprint density at radius 3 is 2.70 bits per heavy atom. The van der Waals surface area contributed by atoms with Gasteiger partial charge in [-0.1, -0.05) is 6.07 Å². The number of hydrogen-bond donors (Lipinski definition) is 1. The topological polar surface area (TPSA) is 132 Å². The van der Waals surface area contributed by atoms with Crippen LogP contribution in [0.4, 0.5) is 11.5 Å².